The van der Waals surface area contributed by atoms with Crippen LogP contribution in [0.2, 0.25) is 0 Å². The second-order valence-corrected chi connectivity index (χ2v) is 15.9. The number of amides is 3. The SMILES string of the molecule is C=C/C(=C\C=C/C)CCCCCCC(N)=O.CCCCCCCCCC.CCCCCCCCCC/C=C/C=C/C(=O)NC.NC(=O)CCCCCCCc1ccccc1. The molecule has 0 atom stereocenters. The van der Waals surface area contributed by atoms with Crippen molar-refractivity contribution in [2.75, 3.05) is 7.05 Å². The van der Waals surface area contributed by atoms with Crippen molar-refractivity contribution in [3.8, 4) is 0 Å². The second-order valence-electron chi connectivity index (χ2n) is 15.9. The van der Waals surface area contributed by atoms with E-state index in [1.165, 1.54) is 133 Å². The van der Waals surface area contributed by atoms with Gasteiger partial charge < -0.3 is 16.8 Å². The summed E-state index contributed by atoms with van der Waals surface area (Å²) >= 11 is 0. The molecular weight excluding hydrogens is 739 g/mol. The van der Waals surface area contributed by atoms with Crippen LogP contribution in [-0.2, 0) is 20.8 Å². The molecule has 0 aliphatic rings. The Morgan fingerprint density at radius 2 is 1.00 bits per heavy atom. The Morgan fingerprint density at radius 3 is 1.43 bits per heavy atom. The number of nitrogens with one attached hydrogen (secondary N) is 1. The molecule has 6 nitrogen and oxygen atoms in total. The third-order valence-electron chi connectivity index (χ3n) is 10.1. The number of hydrogen-bond donors (Lipinski definition) is 3. The van der Waals surface area contributed by atoms with E-state index in [4.69, 9.17) is 11.5 Å². The summed E-state index contributed by atoms with van der Waals surface area (Å²) in [7, 11) is 1.64. The van der Waals surface area contributed by atoms with Gasteiger partial charge in [-0.05, 0) is 69.4 Å². The monoisotopic (exact) mass is 834 g/mol. The van der Waals surface area contributed by atoms with Gasteiger partial charge in [-0.25, -0.2) is 0 Å². The lowest BCUT2D eigenvalue weighted by Crippen LogP contribution is -2.13. The van der Waals surface area contributed by atoms with E-state index in [2.05, 4.69) is 69.1 Å². The van der Waals surface area contributed by atoms with Crippen LogP contribution in [0.3, 0.4) is 0 Å². The Kier molecular flexibility index (Phi) is 53.9. The number of allylic oxidation sites excluding steroid dienone is 8. The van der Waals surface area contributed by atoms with E-state index >= 15 is 0 Å². The van der Waals surface area contributed by atoms with Crippen molar-refractivity contribution in [1.29, 1.82) is 0 Å². The third kappa shape index (κ3) is 56.4. The van der Waals surface area contributed by atoms with Crippen LogP contribution in [0.5, 0.6) is 0 Å². The second kappa shape index (κ2) is 53.3. The van der Waals surface area contributed by atoms with Gasteiger partial charge in [-0.15, -0.1) is 0 Å². The summed E-state index contributed by atoms with van der Waals surface area (Å²) in [4.78, 5) is 31.9. The summed E-state index contributed by atoms with van der Waals surface area (Å²) in [5.74, 6) is -0.421. The molecule has 0 heterocycles. The third-order valence-corrected chi connectivity index (χ3v) is 10.1. The molecule has 344 valence electrons. The summed E-state index contributed by atoms with van der Waals surface area (Å²) in [5.41, 5.74) is 12.8. The van der Waals surface area contributed by atoms with Gasteiger partial charge in [-0.1, -0.05) is 229 Å². The highest BCUT2D eigenvalue weighted by Gasteiger charge is 1.97. The van der Waals surface area contributed by atoms with Gasteiger partial charge in [0.25, 0.3) is 0 Å². The highest BCUT2D eigenvalue weighted by molar-refractivity contribution is 5.87. The van der Waals surface area contributed by atoms with E-state index in [1.54, 1.807) is 19.2 Å². The maximum absolute atomic E-state index is 10.9. The Labute approximate surface area is 371 Å². The van der Waals surface area contributed by atoms with Gasteiger partial charge in [0.15, 0.2) is 0 Å². The minimum absolute atomic E-state index is 0.0493. The first-order valence-corrected chi connectivity index (χ1v) is 24.3. The molecule has 0 spiro atoms. The average molecular weight is 834 g/mol. The molecule has 6 heteroatoms. The van der Waals surface area contributed by atoms with Crippen LogP contribution >= 0.6 is 0 Å². The Morgan fingerprint density at radius 1 is 0.567 bits per heavy atom. The molecule has 0 saturated heterocycles. The number of rotatable bonds is 35. The molecule has 0 unspecified atom stereocenters. The number of hydrogen-bond acceptors (Lipinski definition) is 3. The molecule has 1 aromatic rings. The molecule has 0 saturated carbocycles. The van der Waals surface area contributed by atoms with Crippen LogP contribution < -0.4 is 16.8 Å². The van der Waals surface area contributed by atoms with Crippen molar-refractivity contribution < 1.29 is 14.4 Å². The molecular formula is C54H95N3O3. The molecule has 5 N–H and O–H groups in total. The lowest BCUT2D eigenvalue weighted by atomic mass is 10.1. The van der Waals surface area contributed by atoms with E-state index < -0.39 is 0 Å². The maximum atomic E-state index is 10.9. The lowest BCUT2D eigenvalue weighted by Gasteiger charge is -2.01. The number of aryl methyl sites for hydroxylation is 1. The molecule has 0 aliphatic heterocycles. The van der Waals surface area contributed by atoms with Gasteiger partial charge in [-0.3, -0.25) is 14.4 Å². The molecule has 0 bridgehead atoms. The largest absolute Gasteiger partial charge is 0.370 e. The number of carbonyl (C=O) groups is 3. The fourth-order valence-electron chi connectivity index (χ4n) is 6.26. The molecule has 0 fully saturated rings. The van der Waals surface area contributed by atoms with Crippen molar-refractivity contribution in [2.45, 2.75) is 220 Å². The number of primary amides is 2. The first-order chi connectivity index (χ1) is 29.2. The van der Waals surface area contributed by atoms with Crippen molar-refractivity contribution >= 4 is 17.7 Å². The number of nitrogens with two attached hydrogens (primary N) is 2. The zero-order chi connectivity index (χ0) is 45.0. The normalized spacial score (nSPS) is 11.1. The van der Waals surface area contributed by atoms with Crippen LogP contribution in [0.4, 0.5) is 0 Å². The highest BCUT2D eigenvalue weighted by Crippen LogP contribution is 2.13. The van der Waals surface area contributed by atoms with E-state index in [0.29, 0.717) is 12.8 Å². The van der Waals surface area contributed by atoms with Gasteiger partial charge in [0.2, 0.25) is 17.7 Å². The molecule has 1 rings (SSSR count). The van der Waals surface area contributed by atoms with Crippen LogP contribution in [-0.4, -0.2) is 24.8 Å². The summed E-state index contributed by atoms with van der Waals surface area (Å²) in [5, 5.41) is 2.55. The van der Waals surface area contributed by atoms with Crippen molar-refractivity contribution in [3.05, 3.63) is 96.7 Å². The topological polar surface area (TPSA) is 115 Å². The van der Waals surface area contributed by atoms with E-state index in [0.717, 1.165) is 57.8 Å². The highest BCUT2D eigenvalue weighted by atomic mass is 16.2. The van der Waals surface area contributed by atoms with Crippen molar-refractivity contribution in [3.63, 3.8) is 0 Å². The zero-order valence-electron chi connectivity index (χ0n) is 39.8. The number of benzene rings is 1. The van der Waals surface area contributed by atoms with Gasteiger partial charge in [0.1, 0.15) is 0 Å². The fraction of sp³-hybridized carbons (Fsp3) is 0.648. The van der Waals surface area contributed by atoms with Gasteiger partial charge >= 0.3 is 0 Å². The average Bonchev–Trinajstić information content (AvgIpc) is 3.25. The van der Waals surface area contributed by atoms with E-state index in [9.17, 15) is 14.4 Å². The quantitative estimate of drug-likeness (QED) is 0.0359. The first-order valence-electron chi connectivity index (χ1n) is 24.3. The Hall–Kier alpha value is -3.67. The summed E-state index contributed by atoms with van der Waals surface area (Å²) in [6.45, 7) is 12.6. The Balaban J connectivity index is -0.000000735. The number of likely N-dealkylation sites (N-methyl/N-ethyl adjacent to an activating group) is 1. The van der Waals surface area contributed by atoms with Crippen molar-refractivity contribution in [1.82, 2.24) is 5.32 Å². The standard InChI is InChI=1S/C16H29NO.C14H21NO.C14H23NO.C10H22/c1-3-4-5-6-7-8-9-10-11-12-13-14-15-16(18)17-2;15-14(16)12-8-3-1-2-5-9-13-10-6-4-7-11-13;1-3-5-10-13(4-2)11-8-6-7-9-12-14(15)16;1-3-5-7-9-10-8-6-4-2/h12-15H,3-11H2,1-2H3,(H,17,18);4,6-7,10-11H,1-3,5,8-9,12H2,(H2,15,16);3-5,10H,2,6-9,11-12H2,1H3,(H2,15,16);3-10H2,1-2H3/b13-12+,15-14+;;5-3-,13-10+;. The predicted molar refractivity (Wildman–Crippen MR) is 265 cm³/mol. The predicted octanol–water partition coefficient (Wildman–Crippen LogP) is 15.1. The minimum atomic E-state index is -0.195. The van der Waals surface area contributed by atoms with Gasteiger partial charge in [-0.2, -0.15) is 0 Å². The van der Waals surface area contributed by atoms with Gasteiger partial charge in [0.05, 0.1) is 0 Å². The van der Waals surface area contributed by atoms with E-state index in [1.807, 2.05) is 37.3 Å². The summed E-state index contributed by atoms with van der Waals surface area (Å²) in [6, 6.07) is 10.6. The molecule has 0 radical (unpaired) electrons. The summed E-state index contributed by atoms with van der Waals surface area (Å²) < 4.78 is 0. The fourth-order valence-corrected chi connectivity index (χ4v) is 6.26. The molecule has 60 heavy (non-hydrogen) atoms. The smallest absolute Gasteiger partial charge is 0.243 e. The molecule has 3 amide bonds. The van der Waals surface area contributed by atoms with Crippen LogP contribution in [0, 0.1) is 0 Å². The minimum Gasteiger partial charge on any atom is -0.370 e. The molecule has 0 aliphatic carbocycles. The van der Waals surface area contributed by atoms with Crippen molar-refractivity contribution in [2.24, 2.45) is 11.5 Å². The summed E-state index contributed by atoms with van der Waals surface area (Å²) in [6.07, 6.45) is 52.2. The van der Waals surface area contributed by atoms with Gasteiger partial charge in [0, 0.05) is 26.0 Å². The Bertz CT molecular complexity index is 1190. The van der Waals surface area contributed by atoms with E-state index in [-0.39, 0.29) is 17.7 Å². The number of unbranched alkanes of at least 4 members (excludes halogenated alkanes) is 22. The van der Waals surface area contributed by atoms with Crippen LogP contribution in [0.15, 0.2) is 91.1 Å². The van der Waals surface area contributed by atoms with Crippen LogP contribution in [0.1, 0.15) is 219 Å². The number of carbonyl (C=O) groups excluding carboxylic acids is 3. The zero-order valence-corrected chi connectivity index (χ0v) is 39.8. The maximum Gasteiger partial charge on any atom is 0.243 e. The lowest BCUT2D eigenvalue weighted by molar-refractivity contribution is -0.119. The first kappa shape index (κ1) is 60.6. The molecule has 0 aromatic heterocycles. The van der Waals surface area contributed by atoms with Crippen LogP contribution in [0.25, 0.3) is 0 Å². The molecule has 1 aromatic carbocycles.